The van der Waals surface area contributed by atoms with Crippen LogP contribution in [0.4, 0.5) is 176 Å². The number of aromatic hydroxyl groups is 2. The number of hydrogen-bond donors (Lipinski definition) is 2. The maximum atomic E-state index is 16.1. The van der Waals surface area contributed by atoms with Gasteiger partial charge in [-0.25, -0.2) is 158 Å². The van der Waals surface area contributed by atoms with E-state index < -0.39 is 390 Å². The van der Waals surface area contributed by atoms with Crippen molar-refractivity contribution in [3.05, 3.63) is 280 Å². The highest BCUT2D eigenvalue weighted by atomic mass is 19.2. The summed E-state index contributed by atoms with van der Waals surface area (Å²) in [6, 6.07) is 3.38. The van der Waals surface area contributed by atoms with Crippen molar-refractivity contribution < 1.29 is 205 Å². The number of rotatable bonds is 15. The van der Waals surface area contributed by atoms with Crippen molar-refractivity contribution in [1.29, 1.82) is 0 Å². The molecule has 12 aromatic rings. The predicted molar refractivity (Wildman–Crippen MR) is 330 cm³/mol. The Kier molecular flexibility index (Phi) is 22.2. The highest BCUT2D eigenvalue weighted by Crippen LogP contribution is 2.53. The van der Waals surface area contributed by atoms with Gasteiger partial charge in [0.1, 0.15) is 23.0 Å². The maximum absolute atomic E-state index is 16.1. The Morgan fingerprint density at radius 1 is 0.180 bits per heavy atom. The second-order valence-corrected chi connectivity index (χ2v) is 24.6. The lowest BCUT2D eigenvalue weighted by molar-refractivity contribution is 0.100. The molecule has 0 aliphatic rings. The van der Waals surface area contributed by atoms with Crippen LogP contribution < -0.4 is 9.47 Å². The topological polar surface area (TPSA) is 93.1 Å². The van der Waals surface area contributed by atoms with E-state index in [9.17, 15) is 19.8 Å². The predicted octanol–water partition coefficient (Wildman–Crippen LogP) is 25.7. The van der Waals surface area contributed by atoms with Crippen LogP contribution in [0.1, 0.15) is 34.6 Å². The Balaban J connectivity index is 0.895. The lowest BCUT2D eigenvalue weighted by Crippen LogP contribution is -2.14. The zero-order chi connectivity index (χ0) is 90.9. The number of phenols is 2. The van der Waals surface area contributed by atoms with Crippen LogP contribution in [0, 0.1) is 233 Å². The van der Waals surface area contributed by atoms with Gasteiger partial charge in [-0.3, -0.25) is 9.59 Å². The van der Waals surface area contributed by atoms with Crippen LogP contribution in [0.15, 0.2) is 36.4 Å². The van der Waals surface area contributed by atoms with Gasteiger partial charge < -0.3 is 19.7 Å². The molecule has 634 valence electrons. The van der Waals surface area contributed by atoms with E-state index in [4.69, 9.17) is 0 Å². The second kappa shape index (κ2) is 30.9. The minimum atomic E-state index is -3.77. The van der Waals surface area contributed by atoms with Crippen molar-refractivity contribution in [2.24, 2.45) is 0 Å². The Morgan fingerprint density at radius 2 is 0.279 bits per heavy atom. The number of ketones is 2. The zero-order valence-electron chi connectivity index (χ0n) is 57.1. The molecule has 6 nitrogen and oxygen atoms in total. The van der Waals surface area contributed by atoms with Gasteiger partial charge in [-0.1, -0.05) is 0 Å². The fraction of sp³-hybridized carbons (Fsp3) is 0.0263. The molecule has 0 aliphatic heterocycles. The van der Waals surface area contributed by atoms with Crippen LogP contribution in [-0.2, 0) is 0 Å². The molecule has 0 bridgehead atoms. The summed E-state index contributed by atoms with van der Waals surface area (Å²) in [5, 5.41) is 19.6. The SMILES string of the molecule is CC(=O)c1cc(Oc2c(F)c(F)c(-c3c(F)c(F)c(-c4c(F)c(F)c(-c5c(F)c(F)c(-c6c(F)c(F)c(-c7c(F)c(F)c(-c8c(F)c(F)c(-c9c(F)c(F)c(-c%10c(F)c(F)c(-c%11c(F)c(F)c(Oc%12ccc(O)c(C(C)=O)c%12)c(F)c%11F)c(F)c%10F)c(F)c9F)c(F)c8F)c(F)c7F)c(F)c6F)c(F)c5F)c(F)c4F)c(F)c3F)c(F)c2F)ccc1O. The molecule has 12 rings (SSSR count). The van der Waals surface area contributed by atoms with Crippen LogP contribution in [0.5, 0.6) is 34.5 Å². The molecule has 0 atom stereocenters. The third-order valence-corrected chi connectivity index (χ3v) is 17.9. The third-order valence-electron chi connectivity index (χ3n) is 17.9. The smallest absolute Gasteiger partial charge is 0.205 e. The highest BCUT2D eigenvalue weighted by Gasteiger charge is 2.46. The van der Waals surface area contributed by atoms with Crippen LogP contribution in [0.2, 0.25) is 0 Å². The van der Waals surface area contributed by atoms with Gasteiger partial charge in [0.15, 0.2) is 221 Å². The summed E-state index contributed by atoms with van der Waals surface area (Å²) >= 11 is 0. The molecule has 0 spiro atoms. The first-order chi connectivity index (χ1) is 56.8. The Hall–Kier alpha value is -13.6. The molecule has 0 saturated heterocycles. The number of carbonyl (C=O) groups excluding carboxylic acids is 2. The Labute approximate surface area is 643 Å². The number of Topliss-reactive ketones (excluding diaryl/α,β-unsaturated/α-hetero) is 2. The van der Waals surface area contributed by atoms with E-state index in [1.807, 2.05) is 0 Å². The molecule has 0 saturated carbocycles. The van der Waals surface area contributed by atoms with Gasteiger partial charge in [0.25, 0.3) is 0 Å². The van der Waals surface area contributed by atoms with Crippen molar-refractivity contribution >= 4 is 11.6 Å². The molecule has 0 fully saturated rings. The third kappa shape index (κ3) is 12.8. The largest absolute Gasteiger partial charge is 0.507 e. The summed E-state index contributed by atoms with van der Waals surface area (Å²) in [5.41, 5.74) is -58.8. The van der Waals surface area contributed by atoms with Gasteiger partial charge >= 0.3 is 0 Å². The lowest BCUT2D eigenvalue weighted by Gasteiger charge is -2.19. The van der Waals surface area contributed by atoms with Gasteiger partial charge in [-0.2, -0.15) is 17.6 Å². The molecule has 0 heterocycles. The second-order valence-electron chi connectivity index (χ2n) is 24.6. The summed E-state index contributed by atoms with van der Waals surface area (Å²) in [5.74, 6) is -150. The summed E-state index contributed by atoms with van der Waals surface area (Å²) in [7, 11) is 0. The molecular weight excluding hydrogens is 1770 g/mol. The molecule has 2 N–H and O–H groups in total. The van der Waals surface area contributed by atoms with Gasteiger partial charge in [0.2, 0.25) is 34.8 Å². The van der Waals surface area contributed by atoms with Crippen molar-refractivity contribution in [3.8, 4) is 135 Å². The van der Waals surface area contributed by atoms with Crippen LogP contribution in [0.3, 0.4) is 0 Å². The van der Waals surface area contributed by atoms with Gasteiger partial charge in [-0.15, -0.1) is 0 Å². The van der Waals surface area contributed by atoms with Crippen LogP contribution in [-0.4, -0.2) is 21.8 Å². The average molecular weight is 1780 g/mol. The molecule has 0 radical (unpaired) electrons. The van der Waals surface area contributed by atoms with E-state index in [0.717, 1.165) is 13.8 Å². The zero-order valence-corrected chi connectivity index (χ0v) is 57.1. The normalized spacial score (nSPS) is 11.7. The standard InChI is InChI=1S/C76H14F40O6/c1-9(117)13-7-11(3-5-15(13)119)121-75-71(113)67(109)33(68(110)72(75)114)31-63(105)59(101)29(60(102)64(31)106)27-55(97)51(93)25(52(94)56(27)98)23-47(89)43(85)21(44(86)48(23)90)19-39(81)35(77)17(36(78)40(19)82)18-37(79)41(83)20(42(84)38(18)80)22-45(87)49(91)24(50(92)46(22)88)26-53(95)57(99)28(58(100)54(26)96)30-61(103)65(107)32(66(108)62(30)104)34-69(111)73(115)76(74(116)70(34)112)122-12-4-6-16(120)14(8-12)10(2)118/h3-8,119-120H,1-2H3. The highest BCUT2D eigenvalue weighted by molar-refractivity contribution is 5.98. The number of ether oxygens (including phenoxy) is 2. The summed E-state index contributed by atoms with van der Waals surface area (Å²) in [4.78, 5) is 23.5. The number of hydrogen-bond acceptors (Lipinski definition) is 6. The number of carbonyl (C=O) groups is 2. The van der Waals surface area contributed by atoms with Crippen molar-refractivity contribution in [3.63, 3.8) is 0 Å². The summed E-state index contributed by atoms with van der Waals surface area (Å²) in [6.45, 7) is 1.60. The fourth-order valence-electron chi connectivity index (χ4n) is 12.4. The van der Waals surface area contributed by atoms with Crippen LogP contribution in [0.25, 0.3) is 100 Å². The van der Waals surface area contributed by atoms with E-state index in [2.05, 4.69) is 9.47 Å². The van der Waals surface area contributed by atoms with Gasteiger partial charge in [0.05, 0.1) is 111 Å². The molecule has 0 amide bonds. The number of phenolic OH excluding ortho intramolecular Hbond substituents is 2. The van der Waals surface area contributed by atoms with Crippen molar-refractivity contribution in [2.45, 2.75) is 13.8 Å². The Morgan fingerprint density at radius 3 is 0.377 bits per heavy atom. The minimum Gasteiger partial charge on any atom is -0.507 e. The van der Waals surface area contributed by atoms with E-state index in [1.54, 1.807) is 0 Å². The lowest BCUT2D eigenvalue weighted by atomic mass is 9.90. The molecular formula is C76H14F40O6. The van der Waals surface area contributed by atoms with E-state index in [1.165, 1.54) is 0 Å². The summed E-state index contributed by atoms with van der Waals surface area (Å²) in [6.07, 6.45) is 0. The van der Waals surface area contributed by atoms with E-state index >= 15 is 176 Å². The van der Waals surface area contributed by atoms with Gasteiger partial charge in [0, 0.05) is 0 Å². The van der Waals surface area contributed by atoms with E-state index in [-0.39, 0.29) is 0 Å². The summed E-state index contributed by atoms with van der Waals surface area (Å²) < 4.78 is 644. The number of benzene rings is 12. The molecule has 122 heavy (non-hydrogen) atoms. The van der Waals surface area contributed by atoms with Crippen molar-refractivity contribution in [2.75, 3.05) is 0 Å². The molecule has 46 heteroatoms. The van der Waals surface area contributed by atoms with Crippen LogP contribution >= 0.6 is 0 Å². The molecule has 0 aromatic heterocycles. The van der Waals surface area contributed by atoms with Gasteiger partial charge in [-0.05, 0) is 50.2 Å². The maximum Gasteiger partial charge on any atom is 0.205 e. The first-order valence-electron chi connectivity index (χ1n) is 31.5. The minimum absolute atomic E-state index is 0.496. The molecule has 12 aromatic carbocycles. The fourth-order valence-corrected chi connectivity index (χ4v) is 12.4. The molecule has 0 unspecified atom stereocenters. The van der Waals surface area contributed by atoms with Crippen molar-refractivity contribution in [1.82, 2.24) is 0 Å². The molecule has 0 aliphatic carbocycles. The Bertz CT molecular complexity index is 6110. The number of halogens is 40. The first-order valence-corrected chi connectivity index (χ1v) is 31.5. The average Bonchev–Trinajstić information content (AvgIpc) is 0.722. The first kappa shape index (κ1) is 87.7. The van der Waals surface area contributed by atoms with E-state index in [0.29, 0.717) is 36.4 Å². The quantitative estimate of drug-likeness (QED) is 0.0603. The monoisotopic (exact) mass is 1780 g/mol.